The molecule has 1 aliphatic heterocycles. The number of halogens is 1. The van der Waals surface area contributed by atoms with E-state index in [-0.39, 0.29) is 16.9 Å². The Morgan fingerprint density at radius 1 is 0.946 bits per heavy atom. The summed E-state index contributed by atoms with van der Waals surface area (Å²) in [6.45, 7) is 5.13. The third-order valence-electron chi connectivity index (χ3n) is 5.95. The second-order valence-electron chi connectivity index (χ2n) is 8.59. The predicted octanol–water partition coefficient (Wildman–Crippen LogP) is 5.22. The average Bonchev–Trinajstić information content (AvgIpc) is 2.92. The van der Waals surface area contributed by atoms with Crippen molar-refractivity contribution >= 4 is 52.1 Å². The van der Waals surface area contributed by atoms with Crippen molar-refractivity contribution in [2.45, 2.75) is 13.3 Å². The molecule has 0 saturated carbocycles. The number of anilines is 2. The molecule has 0 bridgehead atoms. The number of carbonyl (C=O) groups excluding carboxylic acids is 2. The lowest BCUT2D eigenvalue weighted by Crippen LogP contribution is -2.49. The average molecular weight is 537 g/mol. The highest BCUT2D eigenvalue weighted by Gasteiger charge is 2.23. The van der Waals surface area contributed by atoms with Gasteiger partial charge in [0.2, 0.25) is 0 Å². The third kappa shape index (κ3) is 6.99. The smallest absolute Gasteiger partial charge is 0.257 e. The number of thiocarbonyl (C=S) groups is 1. The van der Waals surface area contributed by atoms with Crippen LogP contribution in [0.4, 0.5) is 11.4 Å². The number of amides is 2. The van der Waals surface area contributed by atoms with Gasteiger partial charge in [0.1, 0.15) is 5.75 Å². The summed E-state index contributed by atoms with van der Waals surface area (Å²) >= 11 is 11.4. The van der Waals surface area contributed by atoms with Crippen molar-refractivity contribution in [2.24, 2.45) is 0 Å². The summed E-state index contributed by atoms with van der Waals surface area (Å²) < 4.78 is 5.62. The number of ether oxygens (including phenoxy) is 1. The van der Waals surface area contributed by atoms with Gasteiger partial charge in [-0.15, -0.1) is 0 Å². The van der Waals surface area contributed by atoms with Crippen molar-refractivity contribution in [3.8, 4) is 5.75 Å². The number of hydrogen-bond donors (Lipinski definition) is 2. The Kier molecular flexibility index (Phi) is 8.98. The van der Waals surface area contributed by atoms with Crippen LogP contribution in [0.2, 0.25) is 5.02 Å². The Hall–Kier alpha value is -3.62. The Morgan fingerprint density at radius 2 is 1.68 bits per heavy atom. The van der Waals surface area contributed by atoms with Gasteiger partial charge in [-0.05, 0) is 73.2 Å². The van der Waals surface area contributed by atoms with Crippen LogP contribution in [0.5, 0.6) is 5.75 Å². The van der Waals surface area contributed by atoms with Crippen LogP contribution in [0.25, 0.3) is 0 Å². The minimum atomic E-state index is -0.314. The fraction of sp³-hybridized carbons (Fsp3) is 0.250. The molecule has 3 aromatic carbocycles. The lowest BCUT2D eigenvalue weighted by Gasteiger charge is -2.37. The molecule has 2 N–H and O–H groups in total. The highest BCUT2D eigenvalue weighted by molar-refractivity contribution is 7.80. The van der Waals surface area contributed by atoms with Crippen molar-refractivity contribution in [3.63, 3.8) is 0 Å². The van der Waals surface area contributed by atoms with E-state index in [2.05, 4.69) is 15.5 Å². The molecule has 9 heteroatoms. The topological polar surface area (TPSA) is 73.9 Å². The van der Waals surface area contributed by atoms with E-state index < -0.39 is 0 Å². The zero-order valence-corrected chi connectivity index (χ0v) is 22.1. The molecule has 3 aromatic rings. The number of rotatable bonds is 7. The monoisotopic (exact) mass is 536 g/mol. The van der Waals surface area contributed by atoms with Crippen molar-refractivity contribution in [1.29, 1.82) is 0 Å². The summed E-state index contributed by atoms with van der Waals surface area (Å²) in [7, 11) is 0. The molecular weight excluding hydrogens is 508 g/mol. The Balaban J connectivity index is 1.35. The fourth-order valence-corrected chi connectivity index (χ4v) is 4.39. The summed E-state index contributed by atoms with van der Waals surface area (Å²) in [5.41, 5.74) is 2.83. The molecule has 0 spiro atoms. The molecule has 1 heterocycles. The van der Waals surface area contributed by atoms with Gasteiger partial charge in [0.05, 0.1) is 18.0 Å². The molecule has 4 rings (SSSR count). The number of piperazine rings is 1. The SMILES string of the molecule is CCCOc1cccc(C(=O)NC(=S)Nc2ccccc2N2CCN(C(=O)c3ccc(Cl)cc3)CC2)c1. The first kappa shape index (κ1) is 26.4. The van der Waals surface area contributed by atoms with Gasteiger partial charge in [-0.25, -0.2) is 0 Å². The Labute approximate surface area is 227 Å². The van der Waals surface area contributed by atoms with Crippen LogP contribution in [-0.2, 0) is 0 Å². The molecule has 37 heavy (non-hydrogen) atoms. The molecule has 7 nitrogen and oxygen atoms in total. The van der Waals surface area contributed by atoms with E-state index >= 15 is 0 Å². The van der Waals surface area contributed by atoms with Crippen molar-refractivity contribution in [3.05, 3.63) is 88.9 Å². The van der Waals surface area contributed by atoms with Crippen LogP contribution in [0, 0.1) is 0 Å². The van der Waals surface area contributed by atoms with Gasteiger partial charge in [-0.2, -0.15) is 0 Å². The molecule has 192 valence electrons. The van der Waals surface area contributed by atoms with Gasteiger partial charge in [-0.1, -0.05) is 36.7 Å². The van der Waals surface area contributed by atoms with Crippen LogP contribution >= 0.6 is 23.8 Å². The second kappa shape index (κ2) is 12.6. The number of hydrogen-bond acceptors (Lipinski definition) is 5. The Morgan fingerprint density at radius 3 is 2.41 bits per heavy atom. The van der Waals surface area contributed by atoms with Crippen LogP contribution in [0.15, 0.2) is 72.8 Å². The van der Waals surface area contributed by atoms with Gasteiger partial charge in [-0.3, -0.25) is 14.9 Å². The summed E-state index contributed by atoms with van der Waals surface area (Å²) in [6, 6.07) is 21.8. The zero-order chi connectivity index (χ0) is 26.2. The van der Waals surface area contributed by atoms with E-state index in [1.54, 1.807) is 42.5 Å². The number of benzene rings is 3. The van der Waals surface area contributed by atoms with Gasteiger partial charge in [0.15, 0.2) is 5.11 Å². The number of para-hydroxylation sites is 2. The van der Waals surface area contributed by atoms with Crippen LogP contribution in [0.1, 0.15) is 34.1 Å². The standard InChI is InChI=1S/C28H29ClN4O3S/c1-2-18-36-23-7-5-6-21(19-23)26(34)31-28(37)30-24-8-3-4-9-25(24)32-14-16-33(17-15-32)27(35)20-10-12-22(29)13-11-20/h3-13,19H,2,14-18H2,1H3,(H2,30,31,34,37). The molecule has 1 aliphatic rings. The normalized spacial score (nSPS) is 13.1. The van der Waals surface area contributed by atoms with E-state index in [9.17, 15) is 9.59 Å². The predicted molar refractivity (Wildman–Crippen MR) is 152 cm³/mol. The lowest BCUT2D eigenvalue weighted by atomic mass is 10.1. The van der Waals surface area contributed by atoms with Crippen molar-refractivity contribution in [2.75, 3.05) is 43.0 Å². The first-order valence-corrected chi connectivity index (χ1v) is 13.0. The maximum absolute atomic E-state index is 12.8. The quantitative estimate of drug-likeness (QED) is 0.403. The van der Waals surface area contributed by atoms with E-state index in [1.807, 2.05) is 42.2 Å². The number of nitrogens with one attached hydrogen (secondary N) is 2. The summed E-state index contributed by atoms with van der Waals surface area (Å²) in [4.78, 5) is 29.6. The highest BCUT2D eigenvalue weighted by Crippen LogP contribution is 2.27. The van der Waals surface area contributed by atoms with E-state index in [1.165, 1.54) is 0 Å². The second-order valence-corrected chi connectivity index (χ2v) is 9.43. The molecule has 0 radical (unpaired) electrons. The fourth-order valence-electron chi connectivity index (χ4n) is 4.06. The molecule has 0 unspecified atom stereocenters. The zero-order valence-electron chi connectivity index (χ0n) is 20.6. The van der Waals surface area contributed by atoms with Crippen LogP contribution in [0.3, 0.4) is 0 Å². The van der Waals surface area contributed by atoms with E-state index in [0.717, 1.165) is 17.8 Å². The number of carbonyl (C=O) groups is 2. The van der Waals surface area contributed by atoms with Gasteiger partial charge < -0.3 is 19.9 Å². The van der Waals surface area contributed by atoms with Gasteiger partial charge in [0.25, 0.3) is 11.8 Å². The highest BCUT2D eigenvalue weighted by atomic mass is 35.5. The number of nitrogens with zero attached hydrogens (tertiary/aromatic N) is 2. The molecule has 0 atom stereocenters. The van der Waals surface area contributed by atoms with Gasteiger partial charge in [0, 0.05) is 42.3 Å². The first-order chi connectivity index (χ1) is 17.9. The molecule has 0 aromatic heterocycles. The van der Waals surface area contributed by atoms with E-state index in [4.69, 9.17) is 28.6 Å². The minimum Gasteiger partial charge on any atom is -0.494 e. The molecule has 2 amide bonds. The maximum Gasteiger partial charge on any atom is 0.257 e. The molecule has 0 aliphatic carbocycles. The first-order valence-electron chi connectivity index (χ1n) is 12.2. The maximum atomic E-state index is 12.8. The lowest BCUT2D eigenvalue weighted by molar-refractivity contribution is 0.0746. The molecular formula is C28H29ClN4O3S. The molecule has 1 saturated heterocycles. The van der Waals surface area contributed by atoms with Crippen LogP contribution < -0.4 is 20.3 Å². The summed E-state index contributed by atoms with van der Waals surface area (Å²) in [6.07, 6.45) is 0.886. The summed E-state index contributed by atoms with van der Waals surface area (Å²) in [5.74, 6) is 0.328. The van der Waals surface area contributed by atoms with Crippen LogP contribution in [-0.4, -0.2) is 54.6 Å². The van der Waals surface area contributed by atoms with E-state index in [0.29, 0.717) is 54.7 Å². The van der Waals surface area contributed by atoms with Crippen molar-refractivity contribution in [1.82, 2.24) is 10.2 Å². The van der Waals surface area contributed by atoms with Gasteiger partial charge >= 0.3 is 0 Å². The largest absolute Gasteiger partial charge is 0.494 e. The summed E-state index contributed by atoms with van der Waals surface area (Å²) in [5, 5.41) is 6.71. The minimum absolute atomic E-state index is 0.00391. The van der Waals surface area contributed by atoms with Crippen molar-refractivity contribution < 1.29 is 14.3 Å². The molecule has 1 fully saturated rings. The third-order valence-corrected chi connectivity index (χ3v) is 6.40. The Bertz CT molecular complexity index is 1260.